The standard InChI is InChI=1S/C16H26O3S/c1-4-5-6-7-8-15(3)13-19-20(17,18)16-11-9-14(2)10-12-16/h9-12,15H,4-8,13H2,1-3H3. The maximum absolute atomic E-state index is 12.0. The molecule has 1 aromatic carbocycles. The fourth-order valence-corrected chi connectivity index (χ4v) is 3.00. The molecule has 0 N–H and O–H groups in total. The molecule has 114 valence electrons. The van der Waals surface area contributed by atoms with Gasteiger partial charge in [-0.2, -0.15) is 8.42 Å². The van der Waals surface area contributed by atoms with E-state index in [0.29, 0.717) is 0 Å². The van der Waals surface area contributed by atoms with Crippen molar-refractivity contribution >= 4 is 10.1 Å². The predicted octanol–water partition coefficient (Wildman–Crippen LogP) is 4.31. The Balaban J connectivity index is 2.41. The van der Waals surface area contributed by atoms with Crippen LogP contribution in [0.5, 0.6) is 0 Å². The molecule has 0 fully saturated rings. The fraction of sp³-hybridized carbons (Fsp3) is 0.625. The first-order valence-electron chi connectivity index (χ1n) is 7.42. The van der Waals surface area contributed by atoms with Gasteiger partial charge in [0.2, 0.25) is 0 Å². The van der Waals surface area contributed by atoms with E-state index in [1.54, 1.807) is 24.3 Å². The van der Waals surface area contributed by atoms with Gasteiger partial charge in [-0.15, -0.1) is 0 Å². The fourth-order valence-electron chi connectivity index (χ4n) is 1.98. The van der Waals surface area contributed by atoms with Crippen molar-refractivity contribution in [3.05, 3.63) is 29.8 Å². The van der Waals surface area contributed by atoms with Gasteiger partial charge < -0.3 is 0 Å². The summed E-state index contributed by atoms with van der Waals surface area (Å²) in [4.78, 5) is 0.237. The highest BCUT2D eigenvalue weighted by Crippen LogP contribution is 2.16. The van der Waals surface area contributed by atoms with Crippen LogP contribution in [-0.2, 0) is 14.3 Å². The summed E-state index contributed by atoms with van der Waals surface area (Å²) in [5.74, 6) is 0.270. The molecule has 0 aliphatic carbocycles. The van der Waals surface area contributed by atoms with Crippen LogP contribution in [0.3, 0.4) is 0 Å². The van der Waals surface area contributed by atoms with Crippen molar-refractivity contribution in [1.29, 1.82) is 0 Å². The van der Waals surface area contributed by atoms with E-state index in [9.17, 15) is 8.42 Å². The SMILES string of the molecule is CCCCCCC(C)COS(=O)(=O)c1ccc(C)cc1. The Morgan fingerprint density at radius 2 is 1.75 bits per heavy atom. The third kappa shape index (κ3) is 6.06. The number of benzene rings is 1. The normalized spacial score (nSPS) is 13.3. The Labute approximate surface area is 123 Å². The number of unbranched alkanes of at least 4 members (excludes halogenated alkanes) is 3. The van der Waals surface area contributed by atoms with Gasteiger partial charge in [0.1, 0.15) is 0 Å². The molecule has 1 rings (SSSR count). The summed E-state index contributed by atoms with van der Waals surface area (Å²) in [5, 5.41) is 0. The lowest BCUT2D eigenvalue weighted by Crippen LogP contribution is -2.13. The van der Waals surface area contributed by atoms with Crippen LogP contribution in [0.4, 0.5) is 0 Å². The summed E-state index contributed by atoms with van der Waals surface area (Å²) in [6.45, 7) is 6.41. The van der Waals surface area contributed by atoms with Crippen LogP contribution in [-0.4, -0.2) is 15.0 Å². The zero-order chi connectivity index (χ0) is 15.0. The van der Waals surface area contributed by atoms with Crippen LogP contribution in [0.2, 0.25) is 0 Å². The quantitative estimate of drug-likeness (QED) is 0.504. The molecular formula is C16H26O3S. The number of aryl methyl sites for hydroxylation is 1. The van der Waals surface area contributed by atoms with E-state index in [1.165, 1.54) is 19.3 Å². The van der Waals surface area contributed by atoms with Crippen LogP contribution < -0.4 is 0 Å². The lowest BCUT2D eigenvalue weighted by Gasteiger charge is -2.12. The highest BCUT2D eigenvalue weighted by molar-refractivity contribution is 7.86. The van der Waals surface area contributed by atoms with Crippen molar-refractivity contribution < 1.29 is 12.6 Å². The van der Waals surface area contributed by atoms with Gasteiger partial charge in [-0.3, -0.25) is 4.18 Å². The van der Waals surface area contributed by atoms with Crippen molar-refractivity contribution in [3.63, 3.8) is 0 Å². The third-order valence-corrected chi connectivity index (χ3v) is 4.66. The predicted molar refractivity (Wildman–Crippen MR) is 82.2 cm³/mol. The summed E-state index contributed by atoms with van der Waals surface area (Å²) in [6.07, 6.45) is 5.83. The minimum Gasteiger partial charge on any atom is -0.266 e. The molecule has 0 bridgehead atoms. The van der Waals surface area contributed by atoms with Crippen LogP contribution in [0, 0.1) is 12.8 Å². The highest BCUT2D eigenvalue weighted by atomic mass is 32.2. The van der Waals surface area contributed by atoms with Gasteiger partial charge in [0.05, 0.1) is 11.5 Å². The maximum atomic E-state index is 12.0. The van der Waals surface area contributed by atoms with Crippen LogP contribution >= 0.6 is 0 Å². The summed E-state index contributed by atoms with van der Waals surface area (Å²) >= 11 is 0. The average Bonchev–Trinajstić information content (AvgIpc) is 2.42. The van der Waals surface area contributed by atoms with Crippen LogP contribution in [0.1, 0.15) is 51.5 Å². The summed E-state index contributed by atoms with van der Waals surface area (Å²) in [5.41, 5.74) is 1.04. The Morgan fingerprint density at radius 3 is 2.35 bits per heavy atom. The minimum absolute atomic E-state index is 0.237. The monoisotopic (exact) mass is 298 g/mol. The first-order chi connectivity index (χ1) is 9.45. The van der Waals surface area contributed by atoms with E-state index >= 15 is 0 Å². The molecule has 0 saturated heterocycles. The topological polar surface area (TPSA) is 43.4 Å². The maximum Gasteiger partial charge on any atom is 0.296 e. The molecule has 0 aliphatic rings. The molecular weight excluding hydrogens is 272 g/mol. The van der Waals surface area contributed by atoms with Crippen molar-refractivity contribution in [2.45, 2.75) is 57.8 Å². The third-order valence-electron chi connectivity index (χ3n) is 3.37. The smallest absolute Gasteiger partial charge is 0.266 e. The van der Waals surface area contributed by atoms with E-state index in [1.807, 2.05) is 13.8 Å². The number of hydrogen-bond donors (Lipinski definition) is 0. The van der Waals surface area contributed by atoms with Gasteiger partial charge in [-0.05, 0) is 31.4 Å². The molecule has 3 nitrogen and oxygen atoms in total. The van der Waals surface area contributed by atoms with Crippen LogP contribution in [0.15, 0.2) is 29.2 Å². The highest BCUT2D eigenvalue weighted by Gasteiger charge is 2.16. The molecule has 0 aliphatic heterocycles. The van der Waals surface area contributed by atoms with Crippen molar-refractivity contribution in [2.24, 2.45) is 5.92 Å². The Kier molecular flexibility index (Phi) is 7.24. The Hall–Kier alpha value is -0.870. The van der Waals surface area contributed by atoms with Crippen molar-refractivity contribution in [1.82, 2.24) is 0 Å². The largest absolute Gasteiger partial charge is 0.296 e. The second kappa shape index (κ2) is 8.42. The molecule has 0 spiro atoms. The second-order valence-electron chi connectivity index (χ2n) is 5.51. The van der Waals surface area contributed by atoms with E-state index in [0.717, 1.165) is 18.4 Å². The van der Waals surface area contributed by atoms with Crippen molar-refractivity contribution in [3.8, 4) is 0 Å². The van der Waals surface area contributed by atoms with E-state index in [2.05, 4.69) is 6.92 Å². The summed E-state index contributed by atoms with van der Waals surface area (Å²) in [7, 11) is -3.61. The molecule has 20 heavy (non-hydrogen) atoms. The molecule has 0 saturated carbocycles. The molecule has 1 atom stereocenters. The average molecular weight is 298 g/mol. The lowest BCUT2D eigenvalue weighted by atomic mass is 10.0. The number of rotatable bonds is 9. The van der Waals surface area contributed by atoms with Crippen molar-refractivity contribution in [2.75, 3.05) is 6.61 Å². The molecule has 0 amide bonds. The molecule has 0 aromatic heterocycles. The van der Waals surface area contributed by atoms with E-state index in [-0.39, 0.29) is 17.4 Å². The molecule has 0 heterocycles. The van der Waals surface area contributed by atoms with Crippen LogP contribution in [0.25, 0.3) is 0 Å². The summed E-state index contributed by atoms with van der Waals surface area (Å²) in [6, 6.07) is 6.75. The Bertz CT molecular complexity index is 477. The molecule has 4 heteroatoms. The molecule has 1 aromatic rings. The Morgan fingerprint density at radius 1 is 1.10 bits per heavy atom. The molecule has 1 unspecified atom stereocenters. The first-order valence-corrected chi connectivity index (χ1v) is 8.82. The first kappa shape index (κ1) is 17.2. The van der Waals surface area contributed by atoms with Gasteiger partial charge in [-0.1, -0.05) is 57.2 Å². The molecule has 0 radical (unpaired) electrons. The summed E-state index contributed by atoms with van der Waals surface area (Å²) < 4.78 is 29.2. The van der Waals surface area contributed by atoms with Gasteiger partial charge >= 0.3 is 0 Å². The lowest BCUT2D eigenvalue weighted by molar-refractivity contribution is 0.253. The van der Waals surface area contributed by atoms with E-state index in [4.69, 9.17) is 4.18 Å². The van der Waals surface area contributed by atoms with Gasteiger partial charge in [-0.25, -0.2) is 0 Å². The van der Waals surface area contributed by atoms with Gasteiger partial charge in [0, 0.05) is 0 Å². The van der Waals surface area contributed by atoms with E-state index < -0.39 is 10.1 Å². The zero-order valence-corrected chi connectivity index (χ0v) is 13.6. The zero-order valence-electron chi connectivity index (χ0n) is 12.8. The number of hydrogen-bond acceptors (Lipinski definition) is 3. The minimum atomic E-state index is -3.61. The van der Waals surface area contributed by atoms with Gasteiger partial charge in [0.25, 0.3) is 10.1 Å². The second-order valence-corrected chi connectivity index (χ2v) is 7.12. The van der Waals surface area contributed by atoms with Gasteiger partial charge in [0.15, 0.2) is 0 Å².